The lowest BCUT2D eigenvalue weighted by atomic mass is 10.0. The number of benzene rings is 1. The minimum absolute atomic E-state index is 0.115. The molecule has 0 bridgehead atoms. The van der Waals surface area contributed by atoms with Crippen LogP contribution in [0.5, 0.6) is 0 Å². The monoisotopic (exact) mass is 360 g/mol. The molecule has 0 fully saturated rings. The van der Waals surface area contributed by atoms with E-state index in [-0.39, 0.29) is 5.56 Å². The molecule has 6 nitrogen and oxygen atoms in total. The maximum Gasteiger partial charge on any atom is 0.337 e. The van der Waals surface area contributed by atoms with Gasteiger partial charge in [-0.3, -0.25) is 4.98 Å². The predicted octanol–water partition coefficient (Wildman–Crippen LogP) is 4.72. The Balaban J connectivity index is 0.00000102. The van der Waals surface area contributed by atoms with E-state index in [9.17, 15) is 4.79 Å². The summed E-state index contributed by atoms with van der Waals surface area (Å²) in [5.41, 5.74) is 5.35. The number of imidazole rings is 1. The molecule has 4 rings (SSSR count). The van der Waals surface area contributed by atoms with Crippen molar-refractivity contribution in [3.63, 3.8) is 0 Å². The summed E-state index contributed by atoms with van der Waals surface area (Å²) < 4.78 is 0. The van der Waals surface area contributed by atoms with Crippen LogP contribution in [-0.2, 0) is 0 Å². The van der Waals surface area contributed by atoms with E-state index in [1.807, 2.05) is 26.8 Å². The van der Waals surface area contributed by atoms with Crippen LogP contribution in [0.15, 0.2) is 55.0 Å². The zero-order chi connectivity index (χ0) is 19.4. The van der Waals surface area contributed by atoms with Crippen molar-refractivity contribution in [3.8, 4) is 22.5 Å². The molecule has 27 heavy (non-hydrogen) atoms. The summed E-state index contributed by atoms with van der Waals surface area (Å²) in [5.74, 6) is -0.485. The molecule has 2 N–H and O–H groups in total. The van der Waals surface area contributed by atoms with E-state index >= 15 is 0 Å². The van der Waals surface area contributed by atoms with Crippen molar-refractivity contribution >= 4 is 17.1 Å². The Morgan fingerprint density at radius 1 is 1.04 bits per heavy atom. The summed E-state index contributed by atoms with van der Waals surface area (Å²) in [6, 6.07) is 11.7. The fraction of sp³-hybridized carbons (Fsp3) is 0.143. The van der Waals surface area contributed by atoms with Gasteiger partial charge in [-0.25, -0.2) is 14.8 Å². The molecule has 6 heteroatoms. The smallest absolute Gasteiger partial charge is 0.337 e. The number of nitrogens with zero attached hydrogens (tertiary/aromatic N) is 3. The van der Waals surface area contributed by atoms with Crippen LogP contribution in [0.4, 0.5) is 0 Å². The van der Waals surface area contributed by atoms with Crippen molar-refractivity contribution < 1.29 is 9.90 Å². The second-order valence-corrected chi connectivity index (χ2v) is 5.78. The lowest BCUT2D eigenvalue weighted by Gasteiger charge is -2.03. The van der Waals surface area contributed by atoms with Crippen LogP contribution in [0, 0.1) is 6.92 Å². The number of carboxylic acids is 1. The number of rotatable bonds is 3. The van der Waals surface area contributed by atoms with Crippen LogP contribution < -0.4 is 0 Å². The third kappa shape index (κ3) is 3.69. The first-order valence-electron chi connectivity index (χ1n) is 8.72. The highest BCUT2D eigenvalue weighted by Gasteiger charge is 2.13. The molecule has 0 aliphatic rings. The van der Waals surface area contributed by atoms with Gasteiger partial charge < -0.3 is 10.1 Å². The first kappa shape index (κ1) is 18.3. The highest BCUT2D eigenvalue weighted by atomic mass is 16.4. The Bertz CT molecular complexity index is 1080. The molecule has 0 spiro atoms. The van der Waals surface area contributed by atoms with Crippen molar-refractivity contribution in [2.45, 2.75) is 20.8 Å². The molecule has 0 atom stereocenters. The molecule has 0 saturated carbocycles. The fourth-order valence-electron chi connectivity index (χ4n) is 2.71. The van der Waals surface area contributed by atoms with Crippen LogP contribution >= 0.6 is 0 Å². The second kappa shape index (κ2) is 7.78. The van der Waals surface area contributed by atoms with Gasteiger partial charge in [-0.2, -0.15) is 0 Å². The third-order valence-corrected chi connectivity index (χ3v) is 4.01. The Hall–Kier alpha value is -3.54. The highest BCUT2D eigenvalue weighted by molar-refractivity contribution is 5.92. The molecular formula is C21H20N4O2. The molecule has 0 amide bonds. The number of aromatic nitrogens is 4. The van der Waals surface area contributed by atoms with Crippen molar-refractivity contribution in [1.29, 1.82) is 0 Å². The number of aromatic amines is 1. The highest BCUT2D eigenvalue weighted by Crippen LogP contribution is 2.28. The Morgan fingerprint density at radius 2 is 1.78 bits per heavy atom. The van der Waals surface area contributed by atoms with E-state index in [1.54, 1.807) is 18.5 Å². The molecule has 3 aromatic heterocycles. The summed E-state index contributed by atoms with van der Waals surface area (Å²) in [6.45, 7) is 6.04. The quantitative estimate of drug-likeness (QED) is 0.551. The van der Waals surface area contributed by atoms with Gasteiger partial charge in [-0.05, 0) is 24.6 Å². The van der Waals surface area contributed by atoms with Crippen molar-refractivity contribution in [3.05, 3.63) is 66.1 Å². The standard InChI is InChI=1S/C19H14N4O2.C2H6/c1-11-2-4-12(5-3-11)15-6-7-21-18-16(15)22-17(23-18)13-8-14(19(24)25)10-20-9-13;1-2/h2-10H,1H3,(H,24,25)(H,21,22,23);1-2H3. The van der Waals surface area contributed by atoms with Crippen LogP contribution in [0.2, 0.25) is 0 Å². The average molecular weight is 360 g/mol. The van der Waals surface area contributed by atoms with Gasteiger partial charge in [0.25, 0.3) is 0 Å². The lowest BCUT2D eigenvalue weighted by molar-refractivity contribution is 0.0696. The van der Waals surface area contributed by atoms with Gasteiger partial charge in [0.2, 0.25) is 0 Å². The van der Waals surface area contributed by atoms with Gasteiger partial charge in [0.15, 0.2) is 5.65 Å². The number of hydrogen-bond acceptors (Lipinski definition) is 4. The molecule has 1 aromatic carbocycles. The minimum atomic E-state index is -1.02. The van der Waals surface area contributed by atoms with Gasteiger partial charge >= 0.3 is 5.97 Å². The summed E-state index contributed by atoms with van der Waals surface area (Å²) in [5, 5.41) is 9.13. The zero-order valence-electron chi connectivity index (χ0n) is 15.4. The number of nitrogens with one attached hydrogen (secondary N) is 1. The number of fused-ring (bicyclic) bond motifs is 1. The largest absolute Gasteiger partial charge is 0.478 e. The molecule has 0 aliphatic carbocycles. The number of carbonyl (C=O) groups is 1. The number of pyridine rings is 2. The molecule has 136 valence electrons. The number of aryl methyl sites for hydroxylation is 1. The summed E-state index contributed by atoms with van der Waals surface area (Å²) in [4.78, 5) is 27.2. The normalized spacial score (nSPS) is 10.3. The first-order valence-corrected chi connectivity index (χ1v) is 8.72. The Kier molecular flexibility index (Phi) is 5.26. The van der Waals surface area contributed by atoms with E-state index in [0.29, 0.717) is 17.0 Å². The predicted molar refractivity (Wildman–Crippen MR) is 106 cm³/mol. The van der Waals surface area contributed by atoms with Gasteiger partial charge in [0.1, 0.15) is 5.82 Å². The van der Waals surface area contributed by atoms with Crippen LogP contribution in [0.3, 0.4) is 0 Å². The number of H-pyrrole nitrogens is 1. The van der Waals surface area contributed by atoms with Crippen LogP contribution in [-0.4, -0.2) is 31.0 Å². The summed E-state index contributed by atoms with van der Waals surface area (Å²) in [7, 11) is 0. The van der Waals surface area contributed by atoms with Gasteiger partial charge in [0.05, 0.1) is 11.1 Å². The number of carboxylic acid groups (broad SMARTS) is 1. The lowest BCUT2D eigenvalue weighted by Crippen LogP contribution is -1.97. The molecule has 3 heterocycles. The van der Waals surface area contributed by atoms with Gasteiger partial charge in [-0.1, -0.05) is 43.7 Å². The van der Waals surface area contributed by atoms with Gasteiger partial charge in [-0.15, -0.1) is 0 Å². The zero-order valence-corrected chi connectivity index (χ0v) is 15.4. The van der Waals surface area contributed by atoms with E-state index < -0.39 is 5.97 Å². The van der Waals surface area contributed by atoms with Crippen LogP contribution in [0.25, 0.3) is 33.7 Å². The van der Waals surface area contributed by atoms with Crippen molar-refractivity contribution in [2.24, 2.45) is 0 Å². The van der Waals surface area contributed by atoms with Crippen molar-refractivity contribution in [2.75, 3.05) is 0 Å². The van der Waals surface area contributed by atoms with E-state index in [0.717, 1.165) is 16.6 Å². The number of aromatic carboxylic acids is 1. The number of hydrogen-bond donors (Lipinski definition) is 2. The molecule has 0 radical (unpaired) electrons. The molecule has 0 unspecified atom stereocenters. The maximum atomic E-state index is 11.1. The van der Waals surface area contributed by atoms with Crippen molar-refractivity contribution in [1.82, 2.24) is 19.9 Å². The summed E-state index contributed by atoms with van der Waals surface area (Å²) in [6.07, 6.45) is 4.61. The average Bonchev–Trinajstić information content (AvgIpc) is 3.15. The summed E-state index contributed by atoms with van der Waals surface area (Å²) >= 11 is 0. The minimum Gasteiger partial charge on any atom is -0.478 e. The molecule has 4 aromatic rings. The maximum absolute atomic E-state index is 11.1. The topological polar surface area (TPSA) is 91.8 Å². The Labute approximate surface area is 157 Å². The second-order valence-electron chi connectivity index (χ2n) is 5.78. The van der Waals surface area contributed by atoms with E-state index in [4.69, 9.17) is 5.11 Å². The SMILES string of the molecule is CC.Cc1ccc(-c2ccnc3nc(-c4cncc(C(=O)O)c4)[nH]c23)cc1. The molecular weight excluding hydrogens is 340 g/mol. The molecule has 0 saturated heterocycles. The first-order chi connectivity index (χ1) is 13.1. The fourth-order valence-corrected chi connectivity index (χ4v) is 2.71. The van der Waals surface area contributed by atoms with Crippen LogP contribution in [0.1, 0.15) is 29.8 Å². The molecule has 0 aliphatic heterocycles. The Morgan fingerprint density at radius 3 is 2.48 bits per heavy atom. The van der Waals surface area contributed by atoms with E-state index in [2.05, 4.69) is 44.2 Å². The van der Waals surface area contributed by atoms with Gasteiger partial charge in [0, 0.05) is 29.7 Å². The van der Waals surface area contributed by atoms with E-state index in [1.165, 1.54) is 11.8 Å². The third-order valence-electron chi connectivity index (χ3n) is 4.01.